The lowest BCUT2D eigenvalue weighted by atomic mass is 10.1. The summed E-state index contributed by atoms with van der Waals surface area (Å²) in [6.45, 7) is 2.96. The lowest BCUT2D eigenvalue weighted by Gasteiger charge is -2.14. The molecule has 2 aromatic heterocycles. The quantitative estimate of drug-likeness (QED) is 0.677. The van der Waals surface area contributed by atoms with Gasteiger partial charge >= 0.3 is 0 Å². The van der Waals surface area contributed by atoms with Gasteiger partial charge in [0, 0.05) is 18.2 Å². The number of fused-ring (bicyclic) bond motifs is 2. The maximum Gasteiger partial charge on any atom is 0.278 e. The van der Waals surface area contributed by atoms with Gasteiger partial charge in [-0.3, -0.25) is 9.89 Å². The maximum atomic E-state index is 12.0. The Morgan fingerprint density at radius 3 is 3.33 bits per heavy atom. The molecule has 0 aromatic carbocycles. The Hall–Kier alpha value is -1.62. The number of nitrogens with zero attached hydrogens (tertiary/aromatic N) is 2. The van der Waals surface area contributed by atoms with E-state index in [1.807, 2.05) is 6.92 Å². The topological polar surface area (TPSA) is 59.4 Å². The smallest absolute Gasteiger partial charge is 0.278 e. The van der Waals surface area contributed by atoms with Crippen LogP contribution >= 0.6 is 0 Å². The van der Waals surface area contributed by atoms with E-state index in [0.717, 1.165) is 23.3 Å². The molecule has 0 bridgehead atoms. The summed E-state index contributed by atoms with van der Waals surface area (Å²) < 4.78 is 6.74. The van der Waals surface area contributed by atoms with Crippen LogP contribution in [0.3, 0.4) is 0 Å². The zero-order valence-corrected chi connectivity index (χ0v) is 8.41. The molecule has 0 atom stereocenters. The van der Waals surface area contributed by atoms with Gasteiger partial charge in [0.1, 0.15) is 0 Å². The molecular weight excluding hydrogens is 194 g/mol. The summed E-state index contributed by atoms with van der Waals surface area (Å²) in [7, 11) is 0. The fourth-order valence-corrected chi connectivity index (χ4v) is 1.91. The third kappa shape index (κ3) is 1.13. The van der Waals surface area contributed by atoms with Crippen LogP contribution in [-0.4, -0.2) is 21.2 Å². The van der Waals surface area contributed by atoms with Crippen LogP contribution in [0.4, 0.5) is 0 Å². The van der Waals surface area contributed by atoms with E-state index in [0.29, 0.717) is 18.8 Å². The van der Waals surface area contributed by atoms with Crippen LogP contribution in [0.25, 0.3) is 5.65 Å². The van der Waals surface area contributed by atoms with Crippen LogP contribution in [-0.2, 0) is 17.8 Å². The second-order valence-corrected chi connectivity index (χ2v) is 3.76. The molecule has 5 nitrogen and oxygen atoms in total. The van der Waals surface area contributed by atoms with Crippen molar-refractivity contribution in [2.24, 2.45) is 0 Å². The molecule has 78 valence electrons. The molecule has 3 heterocycles. The number of aryl methyl sites for hydroxylation is 1. The molecule has 15 heavy (non-hydrogen) atoms. The van der Waals surface area contributed by atoms with Crippen molar-refractivity contribution in [3.8, 4) is 0 Å². The lowest BCUT2D eigenvalue weighted by molar-refractivity contribution is 0.108. The third-order valence-corrected chi connectivity index (χ3v) is 2.75. The van der Waals surface area contributed by atoms with Gasteiger partial charge < -0.3 is 4.74 Å². The van der Waals surface area contributed by atoms with E-state index < -0.39 is 0 Å². The number of H-pyrrole nitrogens is 1. The van der Waals surface area contributed by atoms with Gasteiger partial charge in [0.25, 0.3) is 5.56 Å². The van der Waals surface area contributed by atoms with Gasteiger partial charge in [0.2, 0.25) is 0 Å². The van der Waals surface area contributed by atoms with E-state index in [2.05, 4.69) is 10.1 Å². The van der Waals surface area contributed by atoms with E-state index in [4.69, 9.17) is 4.74 Å². The molecule has 0 fully saturated rings. The predicted octanol–water partition coefficient (Wildman–Crippen LogP) is 0.404. The highest BCUT2D eigenvalue weighted by molar-refractivity contribution is 5.47. The molecule has 5 heteroatoms. The SMILES string of the molecule is Cc1c[nH]n2c(=O)c3c(nc12)CCOC3. The van der Waals surface area contributed by atoms with Gasteiger partial charge in [0.15, 0.2) is 5.65 Å². The Kier molecular flexibility index (Phi) is 1.70. The Morgan fingerprint density at radius 1 is 1.60 bits per heavy atom. The summed E-state index contributed by atoms with van der Waals surface area (Å²) >= 11 is 0. The zero-order valence-electron chi connectivity index (χ0n) is 8.41. The molecule has 3 rings (SSSR count). The number of ether oxygens (including phenoxy) is 1. The molecule has 0 saturated carbocycles. The minimum atomic E-state index is -0.0391. The van der Waals surface area contributed by atoms with Crippen molar-refractivity contribution >= 4 is 5.65 Å². The van der Waals surface area contributed by atoms with Crippen LogP contribution in [0, 0.1) is 6.92 Å². The van der Waals surface area contributed by atoms with Gasteiger partial charge in [-0.15, -0.1) is 0 Å². The summed E-state index contributed by atoms with van der Waals surface area (Å²) in [5, 5.41) is 2.89. The minimum Gasteiger partial charge on any atom is -0.376 e. The number of hydrogen-bond acceptors (Lipinski definition) is 3. The average molecular weight is 205 g/mol. The predicted molar refractivity (Wildman–Crippen MR) is 53.9 cm³/mol. The number of rotatable bonds is 0. The fraction of sp³-hybridized carbons (Fsp3) is 0.400. The van der Waals surface area contributed by atoms with E-state index >= 15 is 0 Å². The van der Waals surface area contributed by atoms with Gasteiger partial charge in [0.05, 0.1) is 24.5 Å². The highest BCUT2D eigenvalue weighted by atomic mass is 16.5. The van der Waals surface area contributed by atoms with Gasteiger partial charge in [-0.25, -0.2) is 9.50 Å². The molecule has 1 N–H and O–H groups in total. The fourth-order valence-electron chi connectivity index (χ4n) is 1.91. The van der Waals surface area contributed by atoms with Crippen molar-refractivity contribution in [1.29, 1.82) is 0 Å². The maximum absolute atomic E-state index is 12.0. The van der Waals surface area contributed by atoms with E-state index in [-0.39, 0.29) is 5.56 Å². The summed E-state index contributed by atoms with van der Waals surface area (Å²) in [4.78, 5) is 16.5. The van der Waals surface area contributed by atoms with Gasteiger partial charge in [-0.05, 0) is 6.92 Å². The molecule has 0 amide bonds. The van der Waals surface area contributed by atoms with Crippen LogP contribution < -0.4 is 5.56 Å². The summed E-state index contributed by atoms with van der Waals surface area (Å²) in [5.41, 5.74) is 3.24. The van der Waals surface area contributed by atoms with Crippen molar-refractivity contribution in [1.82, 2.24) is 14.6 Å². The van der Waals surface area contributed by atoms with Crippen LogP contribution in [0.2, 0.25) is 0 Å². The highest BCUT2D eigenvalue weighted by Crippen LogP contribution is 2.13. The molecular formula is C10H11N3O2. The molecule has 0 radical (unpaired) electrons. The summed E-state index contributed by atoms with van der Waals surface area (Å²) in [6.07, 6.45) is 2.52. The number of nitrogens with one attached hydrogen (secondary N) is 1. The van der Waals surface area contributed by atoms with E-state index in [9.17, 15) is 4.79 Å². The summed E-state index contributed by atoms with van der Waals surface area (Å²) in [6, 6.07) is 0. The van der Waals surface area contributed by atoms with Crippen LogP contribution in [0.1, 0.15) is 16.8 Å². The zero-order chi connectivity index (χ0) is 10.4. The van der Waals surface area contributed by atoms with Crippen molar-refractivity contribution in [2.45, 2.75) is 20.0 Å². The minimum absolute atomic E-state index is 0.0391. The molecule has 0 unspecified atom stereocenters. The highest BCUT2D eigenvalue weighted by Gasteiger charge is 2.17. The second kappa shape index (κ2) is 2.93. The van der Waals surface area contributed by atoms with Gasteiger partial charge in [-0.2, -0.15) is 0 Å². The molecule has 1 aliphatic heterocycles. The Labute approximate surface area is 85.7 Å². The molecule has 0 aliphatic carbocycles. The first-order valence-corrected chi connectivity index (χ1v) is 4.93. The second-order valence-electron chi connectivity index (χ2n) is 3.76. The molecule has 0 saturated heterocycles. The number of aromatic nitrogens is 3. The third-order valence-electron chi connectivity index (χ3n) is 2.75. The van der Waals surface area contributed by atoms with Crippen LogP contribution in [0.5, 0.6) is 0 Å². The van der Waals surface area contributed by atoms with Crippen molar-refractivity contribution in [2.75, 3.05) is 6.61 Å². The molecule has 2 aromatic rings. The van der Waals surface area contributed by atoms with Crippen molar-refractivity contribution < 1.29 is 4.74 Å². The van der Waals surface area contributed by atoms with Crippen molar-refractivity contribution in [3.05, 3.63) is 33.4 Å². The Bertz CT molecular complexity index is 582. The van der Waals surface area contributed by atoms with Crippen LogP contribution in [0.15, 0.2) is 11.0 Å². The lowest BCUT2D eigenvalue weighted by Crippen LogP contribution is -2.27. The van der Waals surface area contributed by atoms with E-state index in [1.54, 1.807) is 6.20 Å². The van der Waals surface area contributed by atoms with E-state index in [1.165, 1.54) is 4.52 Å². The monoisotopic (exact) mass is 205 g/mol. The summed E-state index contributed by atoms with van der Waals surface area (Å²) in [5.74, 6) is 0. The first-order valence-electron chi connectivity index (χ1n) is 4.93. The standard InChI is InChI=1S/C10H11N3O2/c1-6-4-11-13-9(6)12-8-2-3-15-5-7(8)10(13)14/h4,11H,2-3,5H2,1H3. The molecule has 1 aliphatic rings. The molecule has 0 spiro atoms. The first kappa shape index (κ1) is 8.67. The average Bonchev–Trinajstić information content (AvgIpc) is 2.62. The number of aromatic amines is 1. The van der Waals surface area contributed by atoms with Crippen molar-refractivity contribution in [3.63, 3.8) is 0 Å². The number of hydrogen-bond donors (Lipinski definition) is 1. The largest absolute Gasteiger partial charge is 0.376 e. The van der Waals surface area contributed by atoms with Gasteiger partial charge in [-0.1, -0.05) is 0 Å². The normalized spacial score (nSPS) is 15.5. The Morgan fingerprint density at radius 2 is 2.47 bits per heavy atom. The first-order chi connectivity index (χ1) is 7.27. The Balaban J connectivity index is 2.43.